The molecule has 0 radical (unpaired) electrons. The number of piperidine rings is 1. The molecule has 0 bridgehead atoms. The summed E-state index contributed by atoms with van der Waals surface area (Å²) in [5.74, 6) is -1.28. The number of sulfone groups is 1. The van der Waals surface area contributed by atoms with Gasteiger partial charge in [-0.05, 0) is 30.5 Å². The molecule has 3 aliphatic heterocycles. The first-order valence-corrected chi connectivity index (χ1v) is 14.5. The van der Waals surface area contributed by atoms with Crippen molar-refractivity contribution >= 4 is 25.8 Å². The number of benzene rings is 1. The van der Waals surface area contributed by atoms with Crippen molar-refractivity contribution in [3.05, 3.63) is 29.8 Å². The van der Waals surface area contributed by atoms with Gasteiger partial charge in [0.1, 0.15) is 0 Å². The van der Waals surface area contributed by atoms with Gasteiger partial charge in [0.2, 0.25) is 15.9 Å². The molecule has 3 fully saturated rings. The molecule has 184 valence electrons. The lowest BCUT2D eigenvalue weighted by molar-refractivity contribution is -0.212. The van der Waals surface area contributed by atoms with Gasteiger partial charge in [-0.1, -0.05) is 12.1 Å². The average Bonchev–Trinajstić information content (AvgIpc) is 2.84. The molecular formula is C21H31N3O7S2. The SMILES string of the molecule is NCc1cccc(S(=O)(=O)N2CC(C3OCCCO3)C[C@H](C(=O)N3CCS(=O)(=O)CC3)C2)c1. The molecule has 10 nitrogen and oxygen atoms in total. The Bertz CT molecular complexity index is 1060. The lowest BCUT2D eigenvalue weighted by atomic mass is 9.88. The second kappa shape index (κ2) is 9.96. The minimum Gasteiger partial charge on any atom is -0.352 e. The summed E-state index contributed by atoms with van der Waals surface area (Å²) in [6.45, 7) is 1.73. The maximum absolute atomic E-state index is 13.5. The summed E-state index contributed by atoms with van der Waals surface area (Å²) < 4.78 is 63.4. The number of ether oxygens (including phenoxy) is 2. The van der Waals surface area contributed by atoms with Gasteiger partial charge < -0.3 is 20.1 Å². The van der Waals surface area contributed by atoms with Gasteiger partial charge in [0, 0.05) is 38.6 Å². The van der Waals surface area contributed by atoms with Crippen molar-refractivity contribution < 1.29 is 31.1 Å². The second-order valence-corrected chi connectivity index (χ2v) is 13.0. The molecule has 0 aromatic heterocycles. The highest BCUT2D eigenvalue weighted by Gasteiger charge is 2.43. The van der Waals surface area contributed by atoms with Gasteiger partial charge in [-0.2, -0.15) is 4.31 Å². The Morgan fingerprint density at radius 1 is 1.12 bits per heavy atom. The first-order chi connectivity index (χ1) is 15.7. The van der Waals surface area contributed by atoms with Crippen molar-refractivity contribution in [2.24, 2.45) is 17.6 Å². The Morgan fingerprint density at radius 3 is 2.48 bits per heavy atom. The van der Waals surface area contributed by atoms with Gasteiger partial charge in [0.25, 0.3) is 0 Å². The van der Waals surface area contributed by atoms with Crippen molar-refractivity contribution in [2.75, 3.05) is 50.9 Å². The number of hydrogen-bond acceptors (Lipinski definition) is 8. The third-order valence-electron chi connectivity index (χ3n) is 6.46. The maximum Gasteiger partial charge on any atom is 0.243 e. The van der Waals surface area contributed by atoms with Gasteiger partial charge in [-0.25, -0.2) is 16.8 Å². The monoisotopic (exact) mass is 501 g/mol. The van der Waals surface area contributed by atoms with E-state index < -0.39 is 32.1 Å². The normalized spacial score (nSPS) is 27.4. The van der Waals surface area contributed by atoms with Crippen LogP contribution in [0.4, 0.5) is 0 Å². The molecule has 4 rings (SSSR count). The van der Waals surface area contributed by atoms with Gasteiger partial charge >= 0.3 is 0 Å². The minimum absolute atomic E-state index is 0.0283. The van der Waals surface area contributed by atoms with Crippen LogP contribution in [-0.4, -0.2) is 89.1 Å². The molecule has 2 atom stereocenters. The number of sulfonamides is 1. The van der Waals surface area contributed by atoms with Crippen molar-refractivity contribution in [3.63, 3.8) is 0 Å². The maximum atomic E-state index is 13.5. The third-order valence-corrected chi connectivity index (χ3v) is 9.90. The van der Waals surface area contributed by atoms with Crippen LogP contribution in [-0.2, 0) is 40.7 Å². The number of nitrogens with zero attached hydrogens (tertiary/aromatic N) is 2. The standard InChI is InChI=1S/C21H31N3O7S2/c22-13-16-3-1-4-19(11-16)33(28,29)24-14-17(12-18(15-24)21-30-7-2-8-31-21)20(25)23-5-9-32(26,27)10-6-23/h1,3-4,11,17-18,21H,2,5-10,12-15,22H2/t17-,18?/m0/s1. The molecule has 1 aromatic carbocycles. The van der Waals surface area contributed by atoms with Crippen LogP contribution in [0.3, 0.4) is 0 Å². The summed E-state index contributed by atoms with van der Waals surface area (Å²) >= 11 is 0. The van der Waals surface area contributed by atoms with E-state index in [-0.39, 0.29) is 61.0 Å². The zero-order valence-corrected chi connectivity index (χ0v) is 20.1. The van der Waals surface area contributed by atoms with Crippen LogP contribution >= 0.6 is 0 Å². The van der Waals surface area contributed by atoms with E-state index in [4.69, 9.17) is 15.2 Å². The molecule has 12 heteroatoms. The number of amides is 1. The Kier molecular flexibility index (Phi) is 7.41. The summed E-state index contributed by atoms with van der Waals surface area (Å²) in [7, 11) is -7.02. The van der Waals surface area contributed by atoms with Crippen LogP contribution in [0.25, 0.3) is 0 Å². The Hall–Kier alpha value is -1.57. The van der Waals surface area contributed by atoms with Crippen molar-refractivity contribution in [1.29, 1.82) is 0 Å². The first-order valence-electron chi connectivity index (χ1n) is 11.2. The molecule has 1 unspecified atom stereocenters. The van der Waals surface area contributed by atoms with Crippen molar-refractivity contribution in [2.45, 2.75) is 30.6 Å². The Balaban J connectivity index is 1.58. The number of carbonyl (C=O) groups excluding carboxylic acids is 1. The highest BCUT2D eigenvalue weighted by Crippen LogP contribution is 2.33. The first kappa shape index (κ1) is 24.6. The smallest absolute Gasteiger partial charge is 0.243 e. The lowest BCUT2D eigenvalue weighted by Crippen LogP contribution is -2.54. The van der Waals surface area contributed by atoms with E-state index in [1.807, 2.05) is 0 Å². The van der Waals surface area contributed by atoms with Crippen LogP contribution in [0.2, 0.25) is 0 Å². The fourth-order valence-electron chi connectivity index (χ4n) is 4.62. The topological polar surface area (TPSA) is 136 Å². The van der Waals surface area contributed by atoms with Crippen LogP contribution in [0.15, 0.2) is 29.2 Å². The molecule has 3 heterocycles. The van der Waals surface area contributed by atoms with Crippen molar-refractivity contribution in [1.82, 2.24) is 9.21 Å². The van der Waals surface area contributed by atoms with Crippen LogP contribution in [0.1, 0.15) is 18.4 Å². The highest BCUT2D eigenvalue weighted by molar-refractivity contribution is 7.91. The van der Waals surface area contributed by atoms with E-state index >= 15 is 0 Å². The highest BCUT2D eigenvalue weighted by atomic mass is 32.2. The summed E-state index contributed by atoms with van der Waals surface area (Å²) in [5.41, 5.74) is 6.39. The van der Waals surface area contributed by atoms with Crippen LogP contribution < -0.4 is 5.73 Å². The fraction of sp³-hybridized carbons (Fsp3) is 0.667. The van der Waals surface area contributed by atoms with Crippen molar-refractivity contribution in [3.8, 4) is 0 Å². The van der Waals surface area contributed by atoms with E-state index in [9.17, 15) is 21.6 Å². The molecule has 3 saturated heterocycles. The summed E-state index contributed by atoms with van der Waals surface area (Å²) in [4.78, 5) is 15.0. The molecule has 33 heavy (non-hydrogen) atoms. The molecule has 1 aromatic rings. The third kappa shape index (κ3) is 5.57. The molecule has 1 amide bonds. The molecule has 2 N–H and O–H groups in total. The summed E-state index contributed by atoms with van der Waals surface area (Å²) in [6, 6.07) is 6.50. The van der Waals surface area contributed by atoms with E-state index in [0.717, 1.165) is 6.42 Å². The largest absolute Gasteiger partial charge is 0.352 e. The number of rotatable bonds is 5. The van der Waals surface area contributed by atoms with E-state index in [0.29, 0.717) is 25.2 Å². The average molecular weight is 502 g/mol. The number of carbonyl (C=O) groups is 1. The van der Waals surface area contributed by atoms with E-state index in [1.54, 1.807) is 18.2 Å². The molecular weight excluding hydrogens is 470 g/mol. The molecule has 0 aliphatic carbocycles. The number of hydrogen-bond donors (Lipinski definition) is 1. The Morgan fingerprint density at radius 2 is 1.82 bits per heavy atom. The predicted octanol–water partition coefficient (Wildman–Crippen LogP) is -0.208. The summed E-state index contributed by atoms with van der Waals surface area (Å²) in [5, 5.41) is 0. The van der Waals surface area contributed by atoms with E-state index in [1.165, 1.54) is 15.3 Å². The molecule has 3 aliphatic rings. The summed E-state index contributed by atoms with van der Waals surface area (Å²) in [6.07, 6.45) is 0.604. The molecule has 0 saturated carbocycles. The lowest BCUT2D eigenvalue weighted by Gasteiger charge is -2.41. The Labute approximate surface area is 195 Å². The zero-order chi connectivity index (χ0) is 23.6. The van der Waals surface area contributed by atoms with Gasteiger partial charge in [0.05, 0.1) is 35.5 Å². The van der Waals surface area contributed by atoms with Gasteiger partial charge in [0.15, 0.2) is 16.1 Å². The van der Waals surface area contributed by atoms with E-state index in [2.05, 4.69) is 0 Å². The minimum atomic E-state index is -3.88. The quantitative estimate of drug-likeness (QED) is 0.585. The second-order valence-electron chi connectivity index (χ2n) is 8.81. The van der Waals surface area contributed by atoms with Gasteiger partial charge in [-0.3, -0.25) is 4.79 Å². The van der Waals surface area contributed by atoms with Crippen LogP contribution in [0, 0.1) is 11.8 Å². The fourth-order valence-corrected chi connectivity index (χ4v) is 7.43. The molecule has 0 spiro atoms. The zero-order valence-electron chi connectivity index (χ0n) is 18.5. The predicted molar refractivity (Wildman–Crippen MR) is 120 cm³/mol. The van der Waals surface area contributed by atoms with Gasteiger partial charge in [-0.15, -0.1) is 0 Å². The number of nitrogens with two attached hydrogens (primary N) is 1. The van der Waals surface area contributed by atoms with Crippen LogP contribution in [0.5, 0.6) is 0 Å².